The van der Waals surface area contributed by atoms with Crippen molar-refractivity contribution in [2.45, 2.75) is 63.1 Å². The molecule has 2 aliphatic rings. The van der Waals surface area contributed by atoms with Gasteiger partial charge in [0.2, 0.25) is 0 Å². The van der Waals surface area contributed by atoms with Gasteiger partial charge in [-0.2, -0.15) is 0 Å². The molecule has 0 radical (unpaired) electrons. The smallest absolute Gasteiger partial charge is 0.165 e. The zero-order valence-electron chi connectivity index (χ0n) is 14.7. The molecule has 2 aromatic rings. The standard InChI is InChI=1S/C19H27N5O/c25-19(14-16-6-2-1-3-7-16)10-12-23(13-11-19)15-18-20-21-22-24(18)17-8-4-5-9-17/h1-3,6-7,17,25H,4-5,8-15H2. The average molecular weight is 341 g/mol. The predicted octanol–water partition coefficient (Wildman–Crippen LogP) is 2.36. The van der Waals surface area contributed by atoms with Gasteiger partial charge in [0.1, 0.15) is 0 Å². The summed E-state index contributed by atoms with van der Waals surface area (Å²) in [5, 5.41) is 23.3. The molecule has 4 rings (SSSR count). The molecule has 1 aromatic carbocycles. The molecule has 0 atom stereocenters. The number of hydrogen-bond acceptors (Lipinski definition) is 5. The van der Waals surface area contributed by atoms with Gasteiger partial charge < -0.3 is 5.11 Å². The Morgan fingerprint density at radius 3 is 2.52 bits per heavy atom. The van der Waals surface area contributed by atoms with Gasteiger partial charge in [0.25, 0.3) is 0 Å². The van der Waals surface area contributed by atoms with E-state index in [0.717, 1.165) is 44.7 Å². The molecule has 1 saturated heterocycles. The van der Waals surface area contributed by atoms with E-state index in [1.807, 2.05) is 22.9 Å². The number of hydrogen-bond donors (Lipinski definition) is 1. The summed E-state index contributed by atoms with van der Waals surface area (Å²) < 4.78 is 2.04. The fourth-order valence-electron chi connectivity index (χ4n) is 4.23. The highest BCUT2D eigenvalue weighted by molar-refractivity contribution is 5.17. The second-order valence-electron chi connectivity index (χ2n) is 7.64. The highest BCUT2D eigenvalue weighted by Crippen LogP contribution is 2.30. The van der Waals surface area contributed by atoms with Gasteiger partial charge in [0, 0.05) is 19.5 Å². The lowest BCUT2D eigenvalue weighted by molar-refractivity contribution is -0.0232. The molecule has 6 nitrogen and oxygen atoms in total. The van der Waals surface area contributed by atoms with Crippen molar-refractivity contribution >= 4 is 0 Å². The van der Waals surface area contributed by atoms with Gasteiger partial charge in [-0.1, -0.05) is 43.2 Å². The van der Waals surface area contributed by atoms with Crippen LogP contribution in [0, 0.1) is 0 Å². The number of tetrazole rings is 1. The minimum absolute atomic E-state index is 0.477. The molecule has 1 saturated carbocycles. The van der Waals surface area contributed by atoms with Crippen molar-refractivity contribution in [1.29, 1.82) is 0 Å². The number of aromatic nitrogens is 4. The van der Waals surface area contributed by atoms with E-state index in [9.17, 15) is 5.11 Å². The van der Waals surface area contributed by atoms with Crippen molar-refractivity contribution in [3.63, 3.8) is 0 Å². The quantitative estimate of drug-likeness (QED) is 0.904. The van der Waals surface area contributed by atoms with E-state index >= 15 is 0 Å². The summed E-state index contributed by atoms with van der Waals surface area (Å²) >= 11 is 0. The van der Waals surface area contributed by atoms with Crippen molar-refractivity contribution in [3.05, 3.63) is 41.7 Å². The highest BCUT2D eigenvalue weighted by Gasteiger charge is 2.33. The van der Waals surface area contributed by atoms with Crippen LogP contribution in [0.25, 0.3) is 0 Å². The van der Waals surface area contributed by atoms with Crippen molar-refractivity contribution in [1.82, 2.24) is 25.1 Å². The summed E-state index contributed by atoms with van der Waals surface area (Å²) in [6, 6.07) is 10.8. The average Bonchev–Trinajstić information content (AvgIpc) is 3.29. The summed E-state index contributed by atoms with van der Waals surface area (Å²) in [7, 11) is 0. The molecule has 0 unspecified atom stereocenters. The molecule has 1 aliphatic heterocycles. The summed E-state index contributed by atoms with van der Waals surface area (Å²) in [5.74, 6) is 0.973. The maximum Gasteiger partial charge on any atom is 0.165 e. The van der Waals surface area contributed by atoms with Crippen LogP contribution in [0.15, 0.2) is 30.3 Å². The van der Waals surface area contributed by atoms with Crippen LogP contribution in [-0.2, 0) is 13.0 Å². The first kappa shape index (κ1) is 16.7. The number of benzene rings is 1. The second kappa shape index (κ2) is 7.22. The Kier molecular flexibility index (Phi) is 4.81. The molecule has 25 heavy (non-hydrogen) atoms. The van der Waals surface area contributed by atoms with Crippen molar-refractivity contribution in [3.8, 4) is 0 Å². The summed E-state index contributed by atoms with van der Waals surface area (Å²) in [4.78, 5) is 2.37. The fraction of sp³-hybridized carbons (Fsp3) is 0.632. The molecule has 1 N–H and O–H groups in total. The Morgan fingerprint density at radius 2 is 1.80 bits per heavy atom. The molecule has 0 bridgehead atoms. The SMILES string of the molecule is OC1(Cc2ccccc2)CCN(Cc2nnnn2C2CCCC2)CC1. The van der Waals surface area contributed by atoms with Gasteiger partial charge in [-0.05, 0) is 41.7 Å². The summed E-state index contributed by atoms with van der Waals surface area (Å²) in [5.41, 5.74) is 0.624. The number of likely N-dealkylation sites (tertiary alicyclic amines) is 1. The second-order valence-corrected chi connectivity index (χ2v) is 7.64. The first-order valence-electron chi connectivity index (χ1n) is 9.47. The van der Waals surface area contributed by atoms with Crippen LogP contribution >= 0.6 is 0 Å². The predicted molar refractivity (Wildman–Crippen MR) is 94.9 cm³/mol. The molecular weight excluding hydrogens is 314 g/mol. The van der Waals surface area contributed by atoms with Crippen LogP contribution < -0.4 is 0 Å². The molecule has 1 aliphatic carbocycles. The molecule has 0 amide bonds. The zero-order chi connectivity index (χ0) is 17.1. The third kappa shape index (κ3) is 3.90. The van der Waals surface area contributed by atoms with Crippen LogP contribution in [0.2, 0.25) is 0 Å². The minimum atomic E-state index is -0.588. The first-order chi connectivity index (χ1) is 12.2. The molecule has 2 fully saturated rings. The third-order valence-corrected chi connectivity index (χ3v) is 5.76. The molecule has 1 aromatic heterocycles. The van der Waals surface area contributed by atoms with E-state index in [0.29, 0.717) is 6.04 Å². The van der Waals surface area contributed by atoms with Gasteiger partial charge in [-0.25, -0.2) is 4.68 Å². The lowest BCUT2D eigenvalue weighted by Crippen LogP contribution is -2.45. The Hall–Kier alpha value is -1.79. The van der Waals surface area contributed by atoms with E-state index in [4.69, 9.17) is 0 Å². The maximum atomic E-state index is 10.9. The van der Waals surface area contributed by atoms with Gasteiger partial charge in [-0.15, -0.1) is 5.10 Å². The van der Waals surface area contributed by atoms with E-state index in [1.165, 1.54) is 31.2 Å². The number of rotatable bonds is 5. The Bertz CT molecular complexity index is 672. The van der Waals surface area contributed by atoms with Gasteiger partial charge in [0.05, 0.1) is 18.2 Å². The lowest BCUT2D eigenvalue weighted by atomic mass is 9.85. The number of aliphatic hydroxyl groups is 1. The van der Waals surface area contributed by atoms with E-state index in [2.05, 4.69) is 32.6 Å². The topological polar surface area (TPSA) is 67.1 Å². The van der Waals surface area contributed by atoms with E-state index < -0.39 is 5.60 Å². The molecule has 0 spiro atoms. The zero-order valence-corrected chi connectivity index (χ0v) is 14.7. The van der Waals surface area contributed by atoms with E-state index in [-0.39, 0.29) is 0 Å². The molecular formula is C19H27N5O. The van der Waals surface area contributed by atoms with Crippen molar-refractivity contribution in [2.75, 3.05) is 13.1 Å². The largest absolute Gasteiger partial charge is 0.389 e. The van der Waals surface area contributed by atoms with Crippen LogP contribution in [0.1, 0.15) is 56.0 Å². The third-order valence-electron chi connectivity index (χ3n) is 5.76. The Balaban J connectivity index is 1.34. The van der Waals surface area contributed by atoms with Crippen LogP contribution in [0.4, 0.5) is 0 Å². The van der Waals surface area contributed by atoms with Crippen LogP contribution in [-0.4, -0.2) is 48.9 Å². The Morgan fingerprint density at radius 1 is 1.08 bits per heavy atom. The monoisotopic (exact) mass is 341 g/mol. The summed E-state index contributed by atoms with van der Waals surface area (Å²) in [6.45, 7) is 2.56. The molecule has 2 heterocycles. The highest BCUT2D eigenvalue weighted by atomic mass is 16.3. The fourth-order valence-corrected chi connectivity index (χ4v) is 4.23. The van der Waals surface area contributed by atoms with Gasteiger partial charge in [-0.3, -0.25) is 4.90 Å². The van der Waals surface area contributed by atoms with Crippen LogP contribution in [0.5, 0.6) is 0 Å². The first-order valence-corrected chi connectivity index (χ1v) is 9.47. The van der Waals surface area contributed by atoms with Gasteiger partial charge in [0.15, 0.2) is 5.82 Å². The number of piperidine rings is 1. The van der Waals surface area contributed by atoms with Gasteiger partial charge >= 0.3 is 0 Å². The lowest BCUT2D eigenvalue weighted by Gasteiger charge is -2.38. The van der Waals surface area contributed by atoms with Crippen molar-refractivity contribution in [2.24, 2.45) is 0 Å². The molecule has 134 valence electrons. The van der Waals surface area contributed by atoms with Crippen molar-refractivity contribution < 1.29 is 5.11 Å². The van der Waals surface area contributed by atoms with Crippen LogP contribution in [0.3, 0.4) is 0 Å². The number of nitrogens with zero attached hydrogens (tertiary/aromatic N) is 5. The normalized spacial score (nSPS) is 21.6. The summed E-state index contributed by atoms with van der Waals surface area (Å²) in [6.07, 6.45) is 7.27. The maximum absolute atomic E-state index is 10.9. The van der Waals surface area contributed by atoms with E-state index in [1.54, 1.807) is 0 Å². The Labute approximate surface area is 148 Å². The minimum Gasteiger partial charge on any atom is -0.389 e. The molecule has 6 heteroatoms.